The maximum Gasteiger partial charge on any atom is 0.407 e. The normalized spacial score (nSPS) is 11.2. The van der Waals surface area contributed by atoms with Gasteiger partial charge in [-0.15, -0.1) is 0 Å². The van der Waals surface area contributed by atoms with Gasteiger partial charge in [0.1, 0.15) is 6.61 Å². The number of carboxylic acids is 1. The van der Waals surface area contributed by atoms with Crippen molar-refractivity contribution in [1.82, 2.24) is 5.32 Å². The summed E-state index contributed by atoms with van der Waals surface area (Å²) in [4.78, 5) is 21.7. The predicted molar refractivity (Wildman–Crippen MR) is 74.1 cm³/mol. The number of aliphatic hydroxyl groups is 1. The summed E-state index contributed by atoms with van der Waals surface area (Å²) in [6.45, 7) is 3.17. The van der Waals surface area contributed by atoms with E-state index in [1.165, 1.54) is 13.0 Å². The van der Waals surface area contributed by atoms with E-state index in [2.05, 4.69) is 5.32 Å². The molecule has 0 aromatic carbocycles. The Morgan fingerprint density at radius 1 is 1.10 bits per heavy atom. The standard InChI is InChI=1S/C13H23NO7/c1-11(12(16)17)3-2-4-14-13(18)21-10-9-20-8-7-19-6-5-15/h3,15H,2,4-10H2,1H3,(H,14,18)(H,16,17). The molecular weight excluding hydrogens is 282 g/mol. The van der Waals surface area contributed by atoms with Crippen LogP contribution in [0, 0.1) is 0 Å². The first kappa shape index (κ1) is 19.4. The van der Waals surface area contributed by atoms with Gasteiger partial charge in [0, 0.05) is 12.1 Å². The summed E-state index contributed by atoms with van der Waals surface area (Å²) >= 11 is 0. The molecule has 0 saturated heterocycles. The van der Waals surface area contributed by atoms with Gasteiger partial charge in [-0.1, -0.05) is 6.08 Å². The Bertz CT molecular complexity index is 330. The van der Waals surface area contributed by atoms with Crippen LogP contribution in [0.5, 0.6) is 0 Å². The van der Waals surface area contributed by atoms with Gasteiger partial charge < -0.3 is 29.7 Å². The third-order valence-electron chi connectivity index (χ3n) is 2.27. The van der Waals surface area contributed by atoms with Crippen LogP contribution < -0.4 is 5.32 Å². The predicted octanol–water partition coefficient (Wildman–Crippen LogP) is 0.159. The minimum absolute atomic E-state index is 0.0234. The van der Waals surface area contributed by atoms with Crippen molar-refractivity contribution >= 4 is 12.1 Å². The average molecular weight is 305 g/mol. The van der Waals surface area contributed by atoms with Crippen molar-refractivity contribution in [3.05, 3.63) is 11.6 Å². The molecule has 0 heterocycles. The summed E-state index contributed by atoms with van der Waals surface area (Å²) < 4.78 is 14.9. The van der Waals surface area contributed by atoms with E-state index in [9.17, 15) is 9.59 Å². The first-order chi connectivity index (χ1) is 10.1. The maximum atomic E-state index is 11.2. The summed E-state index contributed by atoms with van der Waals surface area (Å²) in [5.74, 6) is -0.974. The maximum absolute atomic E-state index is 11.2. The molecule has 122 valence electrons. The Morgan fingerprint density at radius 2 is 1.71 bits per heavy atom. The summed E-state index contributed by atoms with van der Waals surface area (Å²) in [6.07, 6.45) is 1.38. The molecule has 0 aromatic heterocycles. The largest absolute Gasteiger partial charge is 0.478 e. The van der Waals surface area contributed by atoms with Gasteiger partial charge in [-0.2, -0.15) is 0 Å². The number of ether oxygens (including phenoxy) is 3. The van der Waals surface area contributed by atoms with E-state index in [-0.39, 0.29) is 32.0 Å². The zero-order chi connectivity index (χ0) is 15.9. The molecule has 0 bridgehead atoms. The monoisotopic (exact) mass is 305 g/mol. The average Bonchev–Trinajstić information content (AvgIpc) is 2.46. The van der Waals surface area contributed by atoms with Crippen LogP contribution in [0.25, 0.3) is 0 Å². The van der Waals surface area contributed by atoms with Crippen LogP contribution in [0.4, 0.5) is 4.79 Å². The molecule has 0 saturated carbocycles. The smallest absolute Gasteiger partial charge is 0.407 e. The molecule has 0 aliphatic carbocycles. The molecule has 3 N–H and O–H groups in total. The van der Waals surface area contributed by atoms with Gasteiger partial charge in [0.15, 0.2) is 0 Å². The van der Waals surface area contributed by atoms with Crippen LogP contribution in [-0.2, 0) is 19.0 Å². The van der Waals surface area contributed by atoms with Gasteiger partial charge in [-0.25, -0.2) is 9.59 Å². The van der Waals surface area contributed by atoms with Crippen LogP contribution >= 0.6 is 0 Å². The first-order valence-electron chi connectivity index (χ1n) is 6.65. The van der Waals surface area contributed by atoms with E-state index in [0.717, 1.165) is 0 Å². The lowest BCUT2D eigenvalue weighted by atomic mass is 10.2. The number of alkyl carbamates (subject to hydrolysis) is 1. The molecule has 0 unspecified atom stereocenters. The Kier molecular flexibility index (Phi) is 12.3. The third-order valence-corrected chi connectivity index (χ3v) is 2.27. The lowest BCUT2D eigenvalue weighted by Crippen LogP contribution is -2.26. The molecule has 0 radical (unpaired) electrons. The number of aliphatic hydroxyl groups excluding tert-OH is 1. The molecule has 0 rings (SSSR count). The highest BCUT2D eigenvalue weighted by atomic mass is 16.6. The van der Waals surface area contributed by atoms with Gasteiger partial charge in [-0.05, 0) is 13.3 Å². The van der Waals surface area contributed by atoms with E-state index < -0.39 is 12.1 Å². The topological polar surface area (TPSA) is 114 Å². The molecule has 8 heteroatoms. The van der Waals surface area contributed by atoms with Gasteiger partial charge in [0.2, 0.25) is 0 Å². The molecule has 0 aromatic rings. The summed E-state index contributed by atoms with van der Waals surface area (Å²) in [5, 5.41) is 19.6. The SMILES string of the molecule is CC(=CCCNC(=O)OCCOCCOCCO)C(=O)O. The number of aliphatic carboxylic acids is 1. The number of amides is 1. The van der Waals surface area contributed by atoms with Crippen LogP contribution in [0.3, 0.4) is 0 Å². The second kappa shape index (κ2) is 13.3. The molecular formula is C13H23NO7. The van der Waals surface area contributed by atoms with Crippen molar-refractivity contribution in [1.29, 1.82) is 0 Å². The Labute approximate surface area is 123 Å². The Balaban J connectivity index is 3.39. The molecule has 0 aliphatic rings. The van der Waals surface area contributed by atoms with Crippen LogP contribution in [0.15, 0.2) is 11.6 Å². The van der Waals surface area contributed by atoms with Crippen LogP contribution in [0.1, 0.15) is 13.3 Å². The Morgan fingerprint density at radius 3 is 2.33 bits per heavy atom. The van der Waals surface area contributed by atoms with Gasteiger partial charge in [-0.3, -0.25) is 0 Å². The fourth-order valence-corrected chi connectivity index (χ4v) is 1.18. The number of carbonyl (C=O) groups is 2. The Hall–Kier alpha value is -1.64. The van der Waals surface area contributed by atoms with Gasteiger partial charge in [0.05, 0.1) is 33.0 Å². The van der Waals surface area contributed by atoms with Crippen molar-refractivity contribution in [2.75, 3.05) is 46.2 Å². The second-order valence-corrected chi connectivity index (χ2v) is 3.99. The fraction of sp³-hybridized carbons (Fsp3) is 0.692. The lowest BCUT2D eigenvalue weighted by Gasteiger charge is -2.07. The van der Waals surface area contributed by atoms with E-state index in [0.29, 0.717) is 26.2 Å². The van der Waals surface area contributed by atoms with Crippen molar-refractivity contribution in [3.8, 4) is 0 Å². The highest BCUT2D eigenvalue weighted by molar-refractivity contribution is 5.85. The van der Waals surface area contributed by atoms with Gasteiger partial charge in [0.25, 0.3) is 0 Å². The van der Waals surface area contributed by atoms with E-state index in [1.54, 1.807) is 0 Å². The van der Waals surface area contributed by atoms with E-state index >= 15 is 0 Å². The summed E-state index contributed by atoms with van der Waals surface area (Å²) in [7, 11) is 0. The zero-order valence-corrected chi connectivity index (χ0v) is 12.2. The number of carboxylic acid groups (broad SMARTS) is 1. The molecule has 0 aliphatic heterocycles. The quantitative estimate of drug-likeness (QED) is 0.347. The molecule has 21 heavy (non-hydrogen) atoms. The first-order valence-corrected chi connectivity index (χ1v) is 6.65. The van der Waals surface area contributed by atoms with Crippen LogP contribution in [0.2, 0.25) is 0 Å². The molecule has 0 atom stereocenters. The minimum Gasteiger partial charge on any atom is -0.478 e. The number of rotatable bonds is 12. The number of carbonyl (C=O) groups excluding carboxylic acids is 1. The molecule has 0 fully saturated rings. The highest BCUT2D eigenvalue weighted by Gasteiger charge is 2.01. The second-order valence-electron chi connectivity index (χ2n) is 3.99. The lowest BCUT2D eigenvalue weighted by molar-refractivity contribution is -0.132. The van der Waals surface area contributed by atoms with Crippen molar-refractivity contribution in [2.24, 2.45) is 0 Å². The summed E-state index contributed by atoms with van der Waals surface area (Å²) in [5.41, 5.74) is 0.238. The van der Waals surface area contributed by atoms with Gasteiger partial charge >= 0.3 is 12.1 Å². The number of nitrogens with one attached hydrogen (secondary N) is 1. The molecule has 0 spiro atoms. The van der Waals surface area contributed by atoms with E-state index in [1.807, 2.05) is 0 Å². The van der Waals surface area contributed by atoms with Crippen molar-refractivity contribution in [3.63, 3.8) is 0 Å². The minimum atomic E-state index is -0.974. The van der Waals surface area contributed by atoms with Crippen molar-refractivity contribution in [2.45, 2.75) is 13.3 Å². The fourth-order valence-electron chi connectivity index (χ4n) is 1.18. The number of hydrogen-bond donors (Lipinski definition) is 3. The van der Waals surface area contributed by atoms with Crippen molar-refractivity contribution < 1.29 is 34.0 Å². The zero-order valence-electron chi connectivity index (χ0n) is 12.2. The number of hydrogen-bond acceptors (Lipinski definition) is 6. The molecule has 1 amide bonds. The highest BCUT2D eigenvalue weighted by Crippen LogP contribution is 1.94. The third kappa shape index (κ3) is 13.1. The van der Waals surface area contributed by atoms with E-state index in [4.69, 9.17) is 24.4 Å². The summed E-state index contributed by atoms with van der Waals surface area (Å²) in [6, 6.07) is 0. The van der Waals surface area contributed by atoms with Crippen LogP contribution in [-0.4, -0.2) is 68.5 Å². The molecule has 8 nitrogen and oxygen atoms in total.